The van der Waals surface area contributed by atoms with E-state index in [0.717, 1.165) is 24.4 Å². The van der Waals surface area contributed by atoms with E-state index in [1.807, 2.05) is 0 Å². The molecule has 0 aliphatic carbocycles. The molecule has 9 heteroatoms. The van der Waals surface area contributed by atoms with Crippen LogP contribution >= 0.6 is 0 Å². The molecule has 4 nitrogen and oxygen atoms in total. The molecular weight excluding hydrogens is 369 g/mol. The Morgan fingerprint density at radius 2 is 2.07 bits per heavy atom. The van der Waals surface area contributed by atoms with Gasteiger partial charge in [-0.2, -0.15) is 13.2 Å². The molecule has 0 spiro atoms. The van der Waals surface area contributed by atoms with E-state index >= 15 is 0 Å². The lowest BCUT2D eigenvalue weighted by molar-refractivity contribution is -0.141. The zero-order chi connectivity index (χ0) is 19.8. The number of likely N-dealkylation sites (N-methyl/N-ethyl adjacent to an activating group) is 1. The van der Waals surface area contributed by atoms with Gasteiger partial charge in [0.25, 0.3) is 0 Å². The fraction of sp³-hybridized carbons (Fsp3) is 0.500. The highest BCUT2D eigenvalue weighted by atomic mass is 19.4. The number of aliphatic hydroxyl groups is 1. The third-order valence-corrected chi connectivity index (χ3v) is 4.75. The van der Waals surface area contributed by atoms with E-state index in [1.54, 1.807) is 11.9 Å². The first-order chi connectivity index (χ1) is 12.6. The van der Waals surface area contributed by atoms with Gasteiger partial charge in [0.15, 0.2) is 5.69 Å². The van der Waals surface area contributed by atoms with E-state index in [2.05, 4.69) is 4.98 Å². The fourth-order valence-electron chi connectivity index (χ4n) is 3.48. The third-order valence-electron chi connectivity index (χ3n) is 4.75. The van der Waals surface area contributed by atoms with Crippen molar-refractivity contribution in [1.29, 1.82) is 0 Å². The molecule has 0 saturated carbocycles. The van der Waals surface area contributed by atoms with E-state index in [0.29, 0.717) is 31.8 Å². The maximum absolute atomic E-state index is 13.7. The Morgan fingerprint density at radius 1 is 1.33 bits per heavy atom. The molecule has 1 aliphatic rings. The van der Waals surface area contributed by atoms with Crippen LogP contribution in [0.5, 0.6) is 0 Å². The van der Waals surface area contributed by atoms with Gasteiger partial charge in [0.1, 0.15) is 17.5 Å². The monoisotopic (exact) mass is 389 g/mol. The molecule has 1 N–H and O–H groups in total. The lowest BCUT2D eigenvalue weighted by Crippen LogP contribution is -2.34. The summed E-state index contributed by atoms with van der Waals surface area (Å²) in [5, 5.41) is 10.2. The minimum Gasteiger partial charge on any atom is -0.387 e. The zero-order valence-corrected chi connectivity index (χ0v) is 14.7. The molecular formula is C18H20F5N3O. The second-order valence-corrected chi connectivity index (χ2v) is 7.00. The highest BCUT2D eigenvalue weighted by molar-refractivity contribution is 5.21. The minimum atomic E-state index is -4.46. The molecule has 0 bridgehead atoms. The van der Waals surface area contributed by atoms with Gasteiger partial charge in [-0.05, 0) is 37.6 Å². The lowest BCUT2D eigenvalue weighted by atomic mass is 9.98. The number of hydrogen-bond acceptors (Lipinski definition) is 3. The van der Waals surface area contributed by atoms with Crippen LogP contribution in [0.15, 0.2) is 24.4 Å². The second kappa shape index (κ2) is 7.55. The SMILES string of the molecule is CN(C[C@@H]1CCc2nc(C(F)(F)F)cn2C1)C[C@H](O)c1cc(F)ccc1F. The summed E-state index contributed by atoms with van der Waals surface area (Å²) >= 11 is 0. The molecule has 0 fully saturated rings. The van der Waals surface area contributed by atoms with Gasteiger partial charge in [-0.15, -0.1) is 0 Å². The smallest absolute Gasteiger partial charge is 0.387 e. The van der Waals surface area contributed by atoms with Gasteiger partial charge < -0.3 is 14.6 Å². The van der Waals surface area contributed by atoms with Gasteiger partial charge in [0.2, 0.25) is 0 Å². The van der Waals surface area contributed by atoms with Crippen LogP contribution in [0.25, 0.3) is 0 Å². The maximum atomic E-state index is 13.7. The number of rotatable bonds is 5. The van der Waals surface area contributed by atoms with Crippen molar-refractivity contribution in [2.75, 3.05) is 20.1 Å². The number of fused-ring (bicyclic) bond motifs is 1. The predicted molar refractivity (Wildman–Crippen MR) is 87.9 cm³/mol. The Bertz CT molecular complexity index is 805. The van der Waals surface area contributed by atoms with Crippen LogP contribution in [0.2, 0.25) is 0 Å². The Morgan fingerprint density at radius 3 is 2.78 bits per heavy atom. The summed E-state index contributed by atoms with van der Waals surface area (Å²) in [7, 11) is 1.73. The molecule has 1 aromatic carbocycles. The average molecular weight is 389 g/mol. The number of hydrogen-bond donors (Lipinski definition) is 1. The number of benzene rings is 1. The molecule has 1 aromatic heterocycles. The number of alkyl halides is 3. The van der Waals surface area contributed by atoms with Gasteiger partial charge in [-0.25, -0.2) is 13.8 Å². The highest BCUT2D eigenvalue weighted by Crippen LogP contribution is 2.31. The Hall–Kier alpha value is -2.00. The average Bonchev–Trinajstić information content (AvgIpc) is 3.00. The van der Waals surface area contributed by atoms with Gasteiger partial charge in [0, 0.05) is 37.8 Å². The second-order valence-electron chi connectivity index (χ2n) is 7.00. The van der Waals surface area contributed by atoms with E-state index in [-0.39, 0.29) is 18.0 Å². The van der Waals surface area contributed by atoms with Crippen molar-refractivity contribution in [2.24, 2.45) is 5.92 Å². The summed E-state index contributed by atoms with van der Waals surface area (Å²) in [6, 6.07) is 2.91. The first kappa shape index (κ1) is 19.8. The number of aryl methyl sites for hydroxylation is 1. The number of nitrogens with zero attached hydrogens (tertiary/aromatic N) is 3. The molecule has 1 aliphatic heterocycles. The molecule has 3 rings (SSSR count). The number of aliphatic hydroxyl groups excluding tert-OH is 1. The van der Waals surface area contributed by atoms with Crippen LogP contribution in [-0.4, -0.2) is 39.7 Å². The van der Waals surface area contributed by atoms with E-state index in [4.69, 9.17) is 0 Å². The lowest BCUT2D eigenvalue weighted by Gasteiger charge is -2.29. The topological polar surface area (TPSA) is 41.3 Å². The van der Waals surface area contributed by atoms with Crippen LogP contribution in [-0.2, 0) is 19.1 Å². The first-order valence-corrected chi connectivity index (χ1v) is 8.58. The van der Waals surface area contributed by atoms with Gasteiger partial charge >= 0.3 is 6.18 Å². The van der Waals surface area contributed by atoms with Crippen LogP contribution < -0.4 is 0 Å². The van der Waals surface area contributed by atoms with E-state index < -0.39 is 29.6 Å². The van der Waals surface area contributed by atoms with Crippen molar-refractivity contribution < 1.29 is 27.1 Å². The Kier molecular flexibility index (Phi) is 5.53. The van der Waals surface area contributed by atoms with Crippen molar-refractivity contribution in [3.8, 4) is 0 Å². The number of aromatic nitrogens is 2. The summed E-state index contributed by atoms with van der Waals surface area (Å²) in [5.74, 6) is -0.823. The Balaban J connectivity index is 1.59. The van der Waals surface area contributed by atoms with Gasteiger partial charge in [-0.1, -0.05) is 0 Å². The molecule has 148 valence electrons. The predicted octanol–water partition coefficient (Wildman–Crippen LogP) is 3.41. The van der Waals surface area contributed by atoms with Crippen molar-refractivity contribution in [3.05, 3.63) is 53.1 Å². The summed E-state index contributed by atoms with van der Waals surface area (Å²) in [6.45, 7) is 0.988. The van der Waals surface area contributed by atoms with Crippen LogP contribution in [0.1, 0.15) is 29.6 Å². The quantitative estimate of drug-likeness (QED) is 0.797. The molecule has 0 saturated heterocycles. The minimum absolute atomic E-state index is 0.0716. The summed E-state index contributed by atoms with van der Waals surface area (Å²) in [5.41, 5.74) is -0.999. The molecule has 27 heavy (non-hydrogen) atoms. The standard InChI is InChI=1S/C18H20F5N3O/c1-25(9-15(27)13-6-12(19)3-4-14(13)20)7-11-2-5-17-24-16(18(21,22)23)10-26(17)8-11/h3-4,6,10-11,15,27H,2,5,7-9H2,1H3/t11-,15-/m0/s1. The molecule has 0 radical (unpaired) electrons. The number of halogens is 5. The summed E-state index contributed by atoms with van der Waals surface area (Å²) in [6.07, 6.45) is -3.53. The van der Waals surface area contributed by atoms with E-state index in [9.17, 15) is 27.1 Å². The molecule has 0 unspecified atom stereocenters. The van der Waals surface area contributed by atoms with Crippen molar-refractivity contribution >= 4 is 0 Å². The van der Waals surface area contributed by atoms with Crippen molar-refractivity contribution in [1.82, 2.24) is 14.5 Å². The van der Waals surface area contributed by atoms with Crippen molar-refractivity contribution in [3.63, 3.8) is 0 Å². The zero-order valence-electron chi connectivity index (χ0n) is 14.7. The first-order valence-electron chi connectivity index (χ1n) is 8.58. The molecule has 2 heterocycles. The van der Waals surface area contributed by atoms with E-state index in [1.165, 1.54) is 4.57 Å². The molecule has 0 amide bonds. The van der Waals surface area contributed by atoms with Crippen LogP contribution in [0, 0.1) is 17.6 Å². The van der Waals surface area contributed by atoms with Crippen LogP contribution in [0.3, 0.4) is 0 Å². The molecule has 2 aromatic rings. The maximum Gasteiger partial charge on any atom is 0.434 e. The Labute approximate surface area is 153 Å². The highest BCUT2D eigenvalue weighted by Gasteiger charge is 2.35. The van der Waals surface area contributed by atoms with Crippen molar-refractivity contribution in [2.45, 2.75) is 31.7 Å². The largest absolute Gasteiger partial charge is 0.434 e. The third kappa shape index (κ3) is 4.65. The number of imidazole rings is 1. The fourth-order valence-corrected chi connectivity index (χ4v) is 3.48. The summed E-state index contributed by atoms with van der Waals surface area (Å²) in [4.78, 5) is 5.42. The normalized spacial score (nSPS) is 18.6. The molecule has 2 atom stereocenters. The van der Waals surface area contributed by atoms with Crippen LogP contribution in [0.4, 0.5) is 22.0 Å². The summed E-state index contributed by atoms with van der Waals surface area (Å²) < 4.78 is 66.9. The van der Waals surface area contributed by atoms with Gasteiger partial charge in [0.05, 0.1) is 6.10 Å². The van der Waals surface area contributed by atoms with Gasteiger partial charge in [-0.3, -0.25) is 0 Å².